The quantitative estimate of drug-likeness (QED) is 0.327. The van der Waals surface area contributed by atoms with Crippen LogP contribution in [0.2, 0.25) is 0 Å². The van der Waals surface area contributed by atoms with Crippen LogP contribution in [0.1, 0.15) is 16.0 Å². The van der Waals surface area contributed by atoms with E-state index in [2.05, 4.69) is 30.9 Å². The summed E-state index contributed by atoms with van der Waals surface area (Å²) in [5.41, 5.74) is 0.135. The van der Waals surface area contributed by atoms with Gasteiger partial charge in [-0.1, -0.05) is 6.07 Å². The fourth-order valence-electron chi connectivity index (χ4n) is 3.03. The first-order chi connectivity index (χ1) is 15.3. The molecule has 4 aromatic rings. The number of amides is 2. The Hall–Kier alpha value is -3.25. The van der Waals surface area contributed by atoms with Gasteiger partial charge in [-0.2, -0.15) is 13.2 Å². The van der Waals surface area contributed by atoms with Crippen LogP contribution in [0.4, 0.5) is 34.6 Å². The highest BCUT2D eigenvalue weighted by Gasteiger charge is 2.33. The molecule has 0 unspecified atom stereocenters. The summed E-state index contributed by atoms with van der Waals surface area (Å²) < 4.78 is 40.1. The maximum atomic E-state index is 13.0. The third-order valence-electron chi connectivity index (χ3n) is 4.57. The first-order valence-corrected chi connectivity index (χ1v) is 11.1. The molecule has 0 atom stereocenters. The number of benzene rings is 1. The summed E-state index contributed by atoms with van der Waals surface area (Å²) in [7, 11) is 0. The molecular formula is C20H17F3N6OS2. The molecule has 3 N–H and O–H groups in total. The van der Waals surface area contributed by atoms with Crippen LogP contribution >= 0.6 is 22.7 Å². The van der Waals surface area contributed by atoms with E-state index in [0.29, 0.717) is 18.1 Å². The molecule has 32 heavy (non-hydrogen) atoms. The summed E-state index contributed by atoms with van der Waals surface area (Å²) in [6.45, 7) is 1.93. The number of rotatable bonds is 6. The Morgan fingerprint density at radius 1 is 1.12 bits per heavy atom. The summed E-state index contributed by atoms with van der Waals surface area (Å²) in [6, 6.07) is 4.92. The number of hydrogen-bond donors (Lipinski definition) is 3. The number of nitrogens with zero attached hydrogens (tertiary/aromatic N) is 3. The molecule has 0 aliphatic rings. The molecular weight excluding hydrogens is 461 g/mol. The van der Waals surface area contributed by atoms with Crippen LogP contribution in [0.25, 0.3) is 10.2 Å². The van der Waals surface area contributed by atoms with Gasteiger partial charge in [0, 0.05) is 29.7 Å². The number of hydrogen-bond acceptors (Lipinski definition) is 7. The summed E-state index contributed by atoms with van der Waals surface area (Å²) in [6.07, 6.45) is -0.669. The van der Waals surface area contributed by atoms with Gasteiger partial charge in [-0.05, 0) is 36.1 Å². The second-order valence-electron chi connectivity index (χ2n) is 6.72. The monoisotopic (exact) mass is 478 g/mol. The lowest BCUT2D eigenvalue weighted by Gasteiger charge is -2.14. The molecule has 1 aromatic carbocycles. The molecule has 12 heteroatoms. The third-order valence-corrected chi connectivity index (χ3v) is 6.45. The van der Waals surface area contributed by atoms with Gasteiger partial charge in [0.05, 0.1) is 15.8 Å². The van der Waals surface area contributed by atoms with Crippen molar-refractivity contribution in [2.75, 3.05) is 22.5 Å². The van der Waals surface area contributed by atoms with Gasteiger partial charge >= 0.3 is 12.2 Å². The SMILES string of the molecule is Cc1c(NC(=O)Nc2ncc(CCNc3ncnc4ccsc34)s2)cccc1C(F)(F)F. The minimum atomic E-state index is -4.49. The van der Waals surface area contributed by atoms with Crippen LogP contribution in [-0.4, -0.2) is 27.5 Å². The summed E-state index contributed by atoms with van der Waals surface area (Å²) in [5, 5.41) is 10.6. The topological polar surface area (TPSA) is 91.8 Å². The molecule has 166 valence electrons. The van der Waals surface area contributed by atoms with Crippen molar-refractivity contribution in [3.05, 3.63) is 58.2 Å². The first kappa shape index (κ1) is 22.0. The maximum absolute atomic E-state index is 13.0. The molecule has 4 rings (SSSR count). The molecule has 0 radical (unpaired) electrons. The van der Waals surface area contributed by atoms with Crippen molar-refractivity contribution in [1.82, 2.24) is 15.0 Å². The molecule has 0 aliphatic carbocycles. The van der Waals surface area contributed by atoms with E-state index in [4.69, 9.17) is 0 Å². The lowest BCUT2D eigenvalue weighted by Crippen LogP contribution is -2.20. The van der Waals surface area contributed by atoms with E-state index in [1.807, 2.05) is 11.4 Å². The number of thiophene rings is 1. The number of nitrogens with one attached hydrogen (secondary N) is 3. The van der Waals surface area contributed by atoms with E-state index in [9.17, 15) is 18.0 Å². The van der Waals surface area contributed by atoms with Crippen LogP contribution in [0, 0.1) is 6.92 Å². The van der Waals surface area contributed by atoms with Crippen molar-refractivity contribution in [1.29, 1.82) is 0 Å². The molecule has 3 heterocycles. The number of aromatic nitrogens is 3. The maximum Gasteiger partial charge on any atom is 0.416 e. The number of thiazole rings is 1. The van der Waals surface area contributed by atoms with Crippen molar-refractivity contribution >= 4 is 55.6 Å². The zero-order valence-electron chi connectivity index (χ0n) is 16.7. The Labute approximate surface area is 188 Å². The average molecular weight is 479 g/mol. The molecule has 3 aromatic heterocycles. The molecule has 0 aliphatic heterocycles. The van der Waals surface area contributed by atoms with Crippen molar-refractivity contribution in [3.8, 4) is 0 Å². The molecule has 2 amide bonds. The Morgan fingerprint density at radius 2 is 1.97 bits per heavy atom. The number of alkyl halides is 3. The van der Waals surface area contributed by atoms with Crippen LogP contribution in [0.3, 0.4) is 0 Å². The van der Waals surface area contributed by atoms with E-state index in [1.165, 1.54) is 36.7 Å². The minimum Gasteiger partial charge on any atom is -0.368 e. The van der Waals surface area contributed by atoms with Crippen molar-refractivity contribution in [2.45, 2.75) is 19.5 Å². The lowest BCUT2D eigenvalue weighted by molar-refractivity contribution is -0.138. The smallest absolute Gasteiger partial charge is 0.368 e. The number of carbonyl (C=O) groups excluding carboxylic acids is 1. The van der Waals surface area contributed by atoms with Crippen molar-refractivity contribution in [3.63, 3.8) is 0 Å². The Morgan fingerprint density at radius 3 is 2.78 bits per heavy atom. The van der Waals surface area contributed by atoms with Gasteiger partial charge in [-0.15, -0.1) is 22.7 Å². The fraction of sp³-hybridized carbons (Fsp3) is 0.200. The van der Waals surface area contributed by atoms with E-state index in [0.717, 1.165) is 27.0 Å². The number of anilines is 3. The first-order valence-electron chi connectivity index (χ1n) is 9.43. The van der Waals surface area contributed by atoms with E-state index in [1.54, 1.807) is 17.5 Å². The molecule has 0 spiro atoms. The number of halogens is 3. The largest absolute Gasteiger partial charge is 0.416 e. The van der Waals surface area contributed by atoms with Crippen LogP contribution in [0.5, 0.6) is 0 Å². The predicted octanol–water partition coefficient (Wildman–Crippen LogP) is 5.77. The summed E-state index contributed by atoms with van der Waals surface area (Å²) >= 11 is 2.85. The summed E-state index contributed by atoms with van der Waals surface area (Å²) in [5.74, 6) is 0.767. The van der Waals surface area contributed by atoms with Crippen LogP contribution < -0.4 is 16.0 Å². The number of urea groups is 1. The van der Waals surface area contributed by atoms with Gasteiger partial charge < -0.3 is 10.6 Å². The van der Waals surface area contributed by atoms with Crippen LogP contribution in [-0.2, 0) is 12.6 Å². The molecule has 0 bridgehead atoms. The predicted molar refractivity (Wildman–Crippen MR) is 121 cm³/mol. The summed E-state index contributed by atoms with van der Waals surface area (Å²) in [4.78, 5) is 25.8. The third kappa shape index (κ3) is 4.97. The fourth-order valence-corrected chi connectivity index (χ4v) is 4.65. The van der Waals surface area contributed by atoms with E-state index < -0.39 is 17.8 Å². The van der Waals surface area contributed by atoms with Gasteiger partial charge in [0.1, 0.15) is 12.1 Å². The molecule has 0 fully saturated rings. The van der Waals surface area contributed by atoms with Gasteiger partial charge in [0.2, 0.25) is 0 Å². The zero-order valence-corrected chi connectivity index (χ0v) is 18.3. The standard InChI is InChI=1S/C20H17F3N6OS2/c1-11-13(20(21,22)23)3-2-4-14(11)28-18(30)29-19-25-9-12(32-19)5-7-24-17-16-15(6-8-31-16)26-10-27-17/h2-4,6,8-10H,5,7H2,1H3,(H,24,26,27)(H2,25,28,29,30). The molecule has 0 saturated heterocycles. The van der Waals surface area contributed by atoms with Crippen molar-refractivity contribution in [2.24, 2.45) is 0 Å². The Bertz CT molecular complexity index is 1250. The van der Waals surface area contributed by atoms with Gasteiger partial charge in [-0.25, -0.2) is 19.7 Å². The highest BCUT2D eigenvalue weighted by molar-refractivity contribution is 7.17. The molecule has 0 saturated carbocycles. The second-order valence-corrected chi connectivity index (χ2v) is 8.75. The molecule has 7 nitrogen and oxygen atoms in total. The normalized spacial score (nSPS) is 11.5. The Kier molecular flexibility index (Phi) is 6.24. The Balaban J connectivity index is 1.32. The minimum absolute atomic E-state index is 0.0503. The average Bonchev–Trinajstić information content (AvgIpc) is 3.38. The van der Waals surface area contributed by atoms with Crippen LogP contribution in [0.15, 0.2) is 42.2 Å². The van der Waals surface area contributed by atoms with Crippen molar-refractivity contribution < 1.29 is 18.0 Å². The van der Waals surface area contributed by atoms with E-state index >= 15 is 0 Å². The highest BCUT2D eigenvalue weighted by atomic mass is 32.1. The van der Waals surface area contributed by atoms with E-state index in [-0.39, 0.29) is 11.3 Å². The lowest BCUT2D eigenvalue weighted by atomic mass is 10.1. The number of carbonyl (C=O) groups is 1. The van der Waals surface area contributed by atoms with Gasteiger partial charge in [-0.3, -0.25) is 5.32 Å². The zero-order chi connectivity index (χ0) is 22.7. The number of fused-ring (bicyclic) bond motifs is 1. The van der Waals surface area contributed by atoms with Gasteiger partial charge in [0.15, 0.2) is 5.13 Å². The second kappa shape index (κ2) is 9.09. The van der Waals surface area contributed by atoms with Gasteiger partial charge in [0.25, 0.3) is 0 Å². The highest BCUT2D eigenvalue weighted by Crippen LogP contribution is 2.34.